The van der Waals surface area contributed by atoms with Crippen molar-refractivity contribution in [1.29, 1.82) is 0 Å². The highest BCUT2D eigenvalue weighted by molar-refractivity contribution is 6.35. The third-order valence-electron chi connectivity index (χ3n) is 3.57. The van der Waals surface area contributed by atoms with Crippen molar-refractivity contribution in [3.05, 3.63) is 64.1 Å². The second-order valence-electron chi connectivity index (χ2n) is 5.46. The molecule has 0 heterocycles. The Bertz CT molecular complexity index is 732. The fourth-order valence-corrected chi connectivity index (χ4v) is 2.66. The molecule has 0 saturated carbocycles. The van der Waals surface area contributed by atoms with Crippen LogP contribution in [0.25, 0.3) is 0 Å². The number of hydrogen-bond acceptors (Lipinski definition) is 3. The third kappa shape index (κ3) is 5.66. The van der Waals surface area contributed by atoms with Crippen molar-refractivity contribution in [2.45, 2.75) is 13.0 Å². The number of nitrogens with one attached hydrogen (secondary N) is 1. The molecule has 2 atom stereocenters. The molecule has 0 aliphatic rings. The van der Waals surface area contributed by atoms with E-state index >= 15 is 0 Å². The molecule has 132 valence electrons. The molecule has 0 aromatic heterocycles. The molecule has 2 aromatic carbocycles. The van der Waals surface area contributed by atoms with Gasteiger partial charge in [-0.2, -0.15) is 0 Å². The smallest absolute Gasteiger partial charge is 0.310 e. The first kappa shape index (κ1) is 19.1. The van der Waals surface area contributed by atoms with Crippen LogP contribution in [0.3, 0.4) is 0 Å². The molecule has 5 nitrogen and oxygen atoms in total. The zero-order valence-electron chi connectivity index (χ0n) is 13.4. The van der Waals surface area contributed by atoms with Gasteiger partial charge in [0, 0.05) is 15.6 Å². The van der Waals surface area contributed by atoms with Crippen molar-refractivity contribution in [1.82, 2.24) is 5.32 Å². The number of aliphatic carboxylic acids is 1. The summed E-state index contributed by atoms with van der Waals surface area (Å²) in [4.78, 5) is 23.6. The average molecular weight is 382 g/mol. The van der Waals surface area contributed by atoms with Crippen molar-refractivity contribution >= 4 is 35.1 Å². The molecule has 0 aliphatic heterocycles. The maximum Gasteiger partial charge on any atom is 0.310 e. The van der Waals surface area contributed by atoms with Gasteiger partial charge in [-0.1, -0.05) is 41.4 Å². The highest BCUT2D eigenvalue weighted by atomic mass is 35.5. The molecule has 2 rings (SSSR count). The number of benzene rings is 2. The quantitative estimate of drug-likeness (QED) is 0.762. The van der Waals surface area contributed by atoms with Gasteiger partial charge in [-0.05, 0) is 37.3 Å². The van der Waals surface area contributed by atoms with Crippen molar-refractivity contribution in [2.75, 3.05) is 6.54 Å². The second kappa shape index (κ2) is 8.74. The van der Waals surface area contributed by atoms with E-state index < -0.39 is 23.9 Å². The van der Waals surface area contributed by atoms with Crippen LogP contribution in [-0.2, 0) is 4.79 Å². The first-order valence-electron chi connectivity index (χ1n) is 7.55. The minimum Gasteiger partial charge on any atom is -0.488 e. The Hall–Kier alpha value is -2.24. The van der Waals surface area contributed by atoms with E-state index in [-0.39, 0.29) is 6.54 Å². The minimum atomic E-state index is -1.01. The summed E-state index contributed by atoms with van der Waals surface area (Å²) in [5.74, 6) is -1.71. The number of rotatable bonds is 7. The molecule has 0 radical (unpaired) electrons. The number of carbonyl (C=O) groups excluding carboxylic acids is 1. The molecule has 7 heteroatoms. The van der Waals surface area contributed by atoms with E-state index in [1.807, 2.05) is 6.07 Å². The topological polar surface area (TPSA) is 75.6 Å². The van der Waals surface area contributed by atoms with Gasteiger partial charge < -0.3 is 15.2 Å². The van der Waals surface area contributed by atoms with Gasteiger partial charge in [0.15, 0.2) is 0 Å². The zero-order chi connectivity index (χ0) is 18.4. The van der Waals surface area contributed by atoms with Crippen molar-refractivity contribution in [2.24, 2.45) is 5.92 Å². The zero-order valence-corrected chi connectivity index (χ0v) is 14.9. The predicted molar refractivity (Wildman–Crippen MR) is 96.5 cm³/mol. The van der Waals surface area contributed by atoms with Gasteiger partial charge in [0.05, 0.1) is 12.5 Å². The van der Waals surface area contributed by atoms with Crippen LogP contribution in [0.15, 0.2) is 48.5 Å². The molecule has 25 heavy (non-hydrogen) atoms. The fraction of sp³-hybridized carbons (Fsp3) is 0.222. The minimum absolute atomic E-state index is 0.0192. The van der Waals surface area contributed by atoms with Crippen molar-refractivity contribution in [3.63, 3.8) is 0 Å². The summed E-state index contributed by atoms with van der Waals surface area (Å²) in [5.41, 5.74) is 0.291. The Morgan fingerprint density at radius 2 is 1.72 bits per heavy atom. The largest absolute Gasteiger partial charge is 0.488 e. The highest BCUT2D eigenvalue weighted by Gasteiger charge is 2.26. The number of ether oxygens (including phenoxy) is 1. The number of para-hydroxylation sites is 1. The Balaban J connectivity index is 2.08. The SMILES string of the molecule is CC(C(=O)O)C(CNC(=O)c1cc(Cl)cc(Cl)c1)Oc1ccccc1. The Kier molecular flexibility index (Phi) is 6.67. The van der Waals surface area contributed by atoms with Crippen molar-refractivity contribution in [3.8, 4) is 5.75 Å². The number of carboxylic acid groups (broad SMARTS) is 1. The normalized spacial score (nSPS) is 12.9. The number of carbonyl (C=O) groups is 2. The summed E-state index contributed by atoms with van der Waals surface area (Å²) in [7, 11) is 0. The van der Waals surface area contributed by atoms with E-state index in [4.69, 9.17) is 27.9 Å². The molecule has 0 fully saturated rings. The maximum absolute atomic E-state index is 12.3. The van der Waals surface area contributed by atoms with Crippen LogP contribution >= 0.6 is 23.2 Å². The third-order valence-corrected chi connectivity index (χ3v) is 4.00. The summed E-state index contributed by atoms with van der Waals surface area (Å²) < 4.78 is 5.72. The predicted octanol–water partition coefficient (Wildman–Crippen LogP) is 3.89. The van der Waals surface area contributed by atoms with E-state index in [0.717, 1.165) is 0 Å². The van der Waals surface area contributed by atoms with Crippen LogP contribution in [0.4, 0.5) is 0 Å². The number of carboxylic acids is 1. The summed E-state index contributed by atoms with van der Waals surface area (Å²) >= 11 is 11.8. The van der Waals surface area contributed by atoms with E-state index in [1.165, 1.54) is 25.1 Å². The molecule has 0 saturated heterocycles. The van der Waals surface area contributed by atoms with Crippen molar-refractivity contribution < 1.29 is 19.4 Å². The standard InChI is InChI=1S/C18H17Cl2NO4/c1-11(18(23)24)16(25-15-5-3-2-4-6-15)10-21-17(22)12-7-13(19)9-14(20)8-12/h2-9,11,16H,10H2,1H3,(H,21,22)(H,23,24). The van der Waals surface area contributed by atoms with Gasteiger partial charge in [0.2, 0.25) is 0 Å². The van der Waals surface area contributed by atoms with Gasteiger partial charge in [0.1, 0.15) is 11.9 Å². The van der Waals surface area contributed by atoms with E-state index in [1.54, 1.807) is 24.3 Å². The summed E-state index contributed by atoms with van der Waals surface area (Å²) in [5, 5.41) is 12.6. The first-order valence-corrected chi connectivity index (χ1v) is 8.31. The van der Waals surface area contributed by atoms with Crippen LogP contribution in [0, 0.1) is 5.92 Å². The molecular formula is C18H17Cl2NO4. The lowest BCUT2D eigenvalue weighted by Crippen LogP contribution is -2.41. The molecule has 2 N–H and O–H groups in total. The van der Waals surface area contributed by atoms with Crippen LogP contribution in [0.2, 0.25) is 10.0 Å². The first-order chi connectivity index (χ1) is 11.9. The number of hydrogen-bond donors (Lipinski definition) is 2. The summed E-state index contributed by atoms with van der Waals surface area (Å²) in [6, 6.07) is 13.3. The van der Waals surface area contributed by atoms with E-state index in [0.29, 0.717) is 21.4 Å². The average Bonchev–Trinajstić information content (AvgIpc) is 2.57. The van der Waals surface area contributed by atoms with E-state index in [9.17, 15) is 14.7 Å². The van der Waals surface area contributed by atoms with Crippen LogP contribution in [0.1, 0.15) is 17.3 Å². The Labute approximate surface area is 155 Å². The summed E-state index contributed by atoms with van der Waals surface area (Å²) in [6.45, 7) is 1.55. The van der Waals surface area contributed by atoms with Crippen LogP contribution in [-0.4, -0.2) is 29.6 Å². The molecule has 2 unspecified atom stereocenters. The molecular weight excluding hydrogens is 365 g/mol. The monoisotopic (exact) mass is 381 g/mol. The van der Waals surface area contributed by atoms with Crippen LogP contribution in [0.5, 0.6) is 5.75 Å². The second-order valence-corrected chi connectivity index (χ2v) is 6.34. The highest BCUT2D eigenvalue weighted by Crippen LogP contribution is 2.19. The van der Waals surface area contributed by atoms with E-state index in [2.05, 4.69) is 5.32 Å². The molecule has 0 aliphatic carbocycles. The lowest BCUT2D eigenvalue weighted by molar-refractivity contribution is -0.144. The van der Waals surface area contributed by atoms with Gasteiger partial charge >= 0.3 is 5.97 Å². The molecule has 1 amide bonds. The van der Waals surface area contributed by atoms with Gasteiger partial charge in [-0.3, -0.25) is 9.59 Å². The Morgan fingerprint density at radius 1 is 1.12 bits per heavy atom. The van der Waals surface area contributed by atoms with Gasteiger partial charge in [-0.15, -0.1) is 0 Å². The van der Waals surface area contributed by atoms with Gasteiger partial charge in [0.25, 0.3) is 5.91 Å². The fourth-order valence-electron chi connectivity index (χ4n) is 2.13. The molecule has 0 bridgehead atoms. The molecule has 0 spiro atoms. The Morgan fingerprint density at radius 3 is 2.28 bits per heavy atom. The lowest BCUT2D eigenvalue weighted by atomic mass is 10.0. The summed E-state index contributed by atoms with van der Waals surface area (Å²) in [6.07, 6.45) is -0.737. The number of amides is 1. The maximum atomic E-state index is 12.3. The van der Waals surface area contributed by atoms with Gasteiger partial charge in [-0.25, -0.2) is 0 Å². The molecule has 2 aromatic rings. The van der Waals surface area contributed by atoms with Crippen LogP contribution < -0.4 is 10.1 Å². The number of halogens is 2. The lowest BCUT2D eigenvalue weighted by Gasteiger charge is -2.23.